The molecular formula is C31H30F2N2O5S. The molecule has 0 amide bonds. The van der Waals surface area contributed by atoms with Gasteiger partial charge in [-0.05, 0) is 67.3 Å². The lowest BCUT2D eigenvalue weighted by atomic mass is 9.98. The monoisotopic (exact) mass is 580 g/mol. The fraction of sp³-hybridized carbons (Fsp3) is 0.226. The molecule has 1 unspecified atom stereocenters. The Balaban J connectivity index is 1.57. The maximum atomic E-state index is 14.8. The molecule has 0 spiro atoms. The van der Waals surface area contributed by atoms with Crippen molar-refractivity contribution < 1.29 is 26.7 Å². The Labute approximate surface area is 236 Å². The third-order valence-corrected chi connectivity index (χ3v) is 7.95. The summed E-state index contributed by atoms with van der Waals surface area (Å²) in [5.74, 6) is -3.85. The summed E-state index contributed by atoms with van der Waals surface area (Å²) < 4.78 is 63.6. The summed E-state index contributed by atoms with van der Waals surface area (Å²) in [5.41, 5.74) is 1.36. The number of carbonyl (C=O) groups excluding carboxylic acids is 1. The van der Waals surface area contributed by atoms with E-state index in [1.54, 1.807) is 67.6 Å². The normalized spacial score (nSPS) is 13.0. The summed E-state index contributed by atoms with van der Waals surface area (Å²) >= 11 is 0. The average Bonchev–Trinajstić information content (AvgIpc) is 2.93. The van der Waals surface area contributed by atoms with Crippen molar-refractivity contribution in [2.75, 3.05) is 6.61 Å². The Hall–Kier alpha value is -4.15. The van der Waals surface area contributed by atoms with E-state index in [0.29, 0.717) is 23.1 Å². The largest absolute Gasteiger partial charge is 0.466 e. The molecule has 1 atom stereocenters. The SMILES string of the molecule is C/C=C/C(F)(F)c1cc(=O)[nH]c2ccc(Cc3ccc(S(=O)(=O)NC(CC(=O)OCC)c4ccccc4)cc3)cc12. The summed E-state index contributed by atoms with van der Waals surface area (Å²) in [7, 11) is -4.00. The summed E-state index contributed by atoms with van der Waals surface area (Å²) in [6.45, 7) is 3.34. The van der Waals surface area contributed by atoms with Crippen LogP contribution in [0.15, 0.2) is 101 Å². The predicted octanol–water partition coefficient (Wildman–Crippen LogP) is 5.76. The number of hydrogen-bond donors (Lipinski definition) is 2. The second kappa shape index (κ2) is 12.6. The molecule has 0 aliphatic rings. The number of aromatic amines is 1. The van der Waals surface area contributed by atoms with Crippen molar-refractivity contribution in [3.63, 3.8) is 0 Å². The van der Waals surface area contributed by atoms with Crippen LogP contribution in [-0.2, 0) is 31.9 Å². The Kier molecular flexibility index (Phi) is 9.14. The molecule has 3 aromatic carbocycles. The van der Waals surface area contributed by atoms with Crippen LogP contribution < -0.4 is 10.3 Å². The van der Waals surface area contributed by atoms with Crippen molar-refractivity contribution in [2.24, 2.45) is 0 Å². The molecule has 1 aromatic heterocycles. The molecule has 1 heterocycles. The number of nitrogens with one attached hydrogen (secondary N) is 2. The molecule has 7 nitrogen and oxygen atoms in total. The Bertz CT molecular complexity index is 1720. The quantitative estimate of drug-likeness (QED) is 0.173. The summed E-state index contributed by atoms with van der Waals surface area (Å²) in [5, 5.41) is 0.224. The highest BCUT2D eigenvalue weighted by atomic mass is 32.2. The third kappa shape index (κ3) is 7.33. The van der Waals surface area contributed by atoms with Gasteiger partial charge in [-0.1, -0.05) is 54.6 Å². The van der Waals surface area contributed by atoms with Crippen LogP contribution in [-0.4, -0.2) is 26.0 Å². The van der Waals surface area contributed by atoms with Crippen molar-refractivity contribution in [2.45, 2.75) is 43.5 Å². The van der Waals surface area contributed by atoms with E-state index in [-0.39, 0.29) is 28.9 Å². The minimum absolute atomic E-state index is 0.00964. The number of rotatable bonds is 11. The number of allylic oxidation sites excluding steroid dienone is 2. The van der Waals surface area contributed by atoms with Gasteiger partial charge in [0.05, 0.1) is 24.0 Å². The molecule has 41 heavy (non-hydrogen) atoms. The van der Waals surface area contributed by atoms with Crippen molar-refractivity contribution >= 4 is 26.9 Å². The topological polar surface area (TPSA) is 105 Å². The van der Waals surface area contributed by atoms with Crippen LogP contribution in [0, 0.1) is 0 Å². The van der Waals surface area contributed by atoms with Gasteiger partial charge >= 0.3 is 5.97 Å². The number of esters is 1. The molecule has 10 heteroatoms. The highest BCUT2D eigenvalue weighted by Gasteiger charge is 2.30. The maximum Gasteiger partial charge on any atom is 0.307 e. The molecule has 4 aromatic rings. The van der Waals surface area contributed by atoms with Gasteiger partial charge in [0, 0.05) is 22.5 Å². The first-order valence-corrected chi connectivity index (χ1v) is 14.5. The number of ether oxygens (including phenoxy) is 1. The lowest BCUT2D eigenvalue weighted by molar-refractivity contribution is -0.143. The van der Waals surface area contributed by atoms with Crippen LogP contribution in [0.1, 0.15) is 48.6 Å². The van der Waals surface area contributed by atoms with E-state index in [4.69, 9.17) is 4.74 Å². The van der Waals surface area contributed by atoms with Crippen LogP contribution >= 0.6 is 0 Å². The second-order valence-electron chi connectivity index (χ2n) is 9.46. The molecule has 0 aliphatic carbocycles. The average molecular weight is 581 g/mol. The number of halogens is 2. The van der Waals surface area contributed by atoms with Crippen molar-refractivity contribution in [3.05, 3.63) is 124 Å². The minimum Gasteiger partial charge on any atom is -0.466 e. The number of fused-ring (bicyclic) bond motifs is 1. The third-order valence-electron chi connectivity index (χ3n) is 6.46. The highest BCUT2D eigenvalue weighted by Crippen LogP contribution is 2.34. The van der Waals surface area contributed by atoms with E-state index >= 15 is 0 Å². The molecule has 214 valence electrons. The van der Waals surface area contributed by atoms with Gasteiger partial charge < -0.3 is 9.72 Å². The number of aromatic nitrogens is 1. The zero-order valence-electron chi connectivity index (χ0n) is 22.6. The van der Waals surface area contributed by atoms with Crippen molar-refractivity contribution in [1.82, 2.24) is 9.71 Å². The number of hydrogen-bond acceptors (Lipinski definition) is 5. The molecule has 0 saturated carbocycles. The first kappa shape index (κ1) is 29.8. The number of H-pyrrole nitrogens is 1. The van der Waals surface area contributed by atoms with Crippen molar-refractivity contribution in [3.8, 4) is 0 Å². The smallest absolute Gasteiger partial charge is 0.307 e. The lowest BCUT2D eigenvalue weighted by Crippen LogP contribution is -2.30. The van der Waals surface area contributed by atoms with Crippen LogP contribution in [0.3, 0.4) is 0 Å². The zero-order valence-corrected chi connectivity index (χ0v) is 23.4. The molecule has 0 aliphatic heterocycles. The van der Waals surface area contributed by atoms with E-state index in [9.17, 15) is 26.8 Å². The van der Waals surface area contributed by atoms with Gasteiger partial charge in [0.25, 0.3) is 5.92 Å². The van der Waals surface area contributed by atoms with E-state index in [1.165, 1.54) is 25.1 Å². The number of carbonyl (C=O) groups is 1. The summed E-state index contributed by atoms with van der Waals surface area (Å²) in [6, 6.07) is 19.9. The fourth-order valence-corrected chi connectivity index (χ4v) is 5.79. The molecule has 0 radical (unpaired) electrons. The molecule has 0 saturated heterocycles. The van der Waals surface area contributed by atoms with Crippen LogP contribution in [0.2, 0.25) is 0 Å². The van der Waals surface area contributed by atoms with Gasteiger partial charge in [0.1, 0.15) is 0 Å². The molecule has 0 fully saturated rings. The van der Waals surface area contributed by atoms with Gasteiger partial charge in [-0.2, -0.15) is 8.78 Å². The van der Waals surface area contributed by atoms with Gasteiger partial charge in [-0.15, -0.1) is 0 Å². The van der Waals surface area contributed by atoms with E-state index in [2.05, 4.69) is 9.71 Å². The van der Waals surface area contributed by atoms with Crippen LogP contribution in [0.25, 0.3) is 10.9 Å². The van der Waals surface area contributed by atoms with E-state index in [1.807, 2.05) is 0 Å². The summed E-state index contributed by atoms with van der Waals surface area (Å²) in [6.07, 6.45) is 2.15. The Morgan fingerprint density at radius 3 is 2.37 bits per heavy atom. The van der Waals surface area contributed by atoms with Crippen LogP contribution in [0.5, 0.6) is 0 Å². The number of benzene rings is 3. The fourth-order valence-electron chi connectivity index (χ4n) is 4.56. The predicted molar refractivity (Wildman–Crippen MR) is 153 cm³/mol. The Morgan fingerprint density at radius 2 is 1.71 bits per heavy atom. The molecule has 4 rings (SSSR count). The number of alkyl halides is 2. The van der Waals surface area contributed by atoms with Gasteiger partial charge in [-0.25, -0.2) is 13.1 Å². The van der Waals surface area contributed by atoms with E-state index < -0.39 is 33.5 Å². The summed E-state index contributed by atoms with van der Waals surface area (Å²) in [4.78, 5) is 26.7. The number of sulfonamides is 1. The maximum absolute atomic E-state index is 14.8. The lowest BCUT2D eigenvalue weighted by Gasteiger charge is -2.19. The van der Waals surface area contributed by atoms with Crippen LogP contribution in [0.4, 0.5) is 8.78 Å². The van der Waals surface area contributed by atoms with Gasteiger partial charge in [0.15, 0.2) is 0 Å². The second-order valence-corrected chi connectivity index (χ2v) is 11.2. The van der Waals surface area contributed by atoms with Gasteiger partial charge in [-0.3, -0.25) is 9.59 Å². The van der Waals surface area contributed by atoms with Gasteiger partial charge in [0.2, 0.25) is 15.6 Å². The first-order chi connectivity index (χ1) is 19.5. The first-order valence-electron chi connectivity index (χ1n) is 13.0. The van der Waals surface area contributed by atoms with E-state index in [0.717, 1.165) is 17.7 Å². The molecular weight excluding hydrogens is 550 g/mol. The number of pyridine rings is 1. The highest BCUT2D eigenvalue weighted by molar-refractivity contribution is 7.89. The molecule has 0 bridgehead atoms. The minimum atomic E-state index is -4.00. The Morgan fingerprint density at radius 1 is 1.02 bits per heavy atom. The molecule has 2 N–H and O–H groups in total. The van der Waals surface area contributed by atoms with Crippen molar-refractivity contribution in [1.29, 1.82) is 0 Å². The zero-order chi connectivity index (χ0) is 29.6. The standard InChI is InChI=1S/C31H30F2N2O5S/c1-3-16-31(32,33)26-19-29(36)34-27-15-12-22(18-25(26)27)17-21-10-13-24(14-11-21)41(38,39)35-28(20-30(37)40-4-2)23-8-6-5-7-9-23/h3,5-16,18-19,28,35H,4,17,20H2,1-2H3,(H,34,36)/b16-3+.